The number of halogens is 1. The van der Waals surface area contributed by atoms with Gasteiger partial charge in [-0.05, 0) is 50.8 Å². The Kier molecular flexibility index (Phi) is 6.21. The minimum absolute atomic E-state index is 0.00254. The van der Waals surface area contributed by atoms with Crippen LogP contribution in [0.3, 0.4) is 0 Å². The molecule has 32 heavy (non-hydrogen) atoms. The van der Waals surface area contributed by atoms with E-state index in [1.807, 2.05) is 37.7 Å². The molecule has 8 heteroatoms. The predicted octanol–water partition coefficient (Wildman–Crippen LogP) is 4.25. The van der Waals surface area contributed by atoms with E-state index in [2.05, 4.69) is 10.1 Å². The summed E-state index contributed by atoms with van der Waals surface area (Å²) in [6.45, 7) is 4.51. The van der Waals surface area contributed by atoms with Gasteiger partial charge in [-0.3, -0.25) is 4.79 Å². The van der Waals surface area contributed by atoms with Gasteiger partial charge >= 0.3 is 0 Å². The van der Waals surface area contributed by atoms with Crippen LogP contribution in [-0.2, 0) is 11.2 Å². The first-order valence-electron chi connectivity index (χ1n) is 10.9. The fourth-order valence-electron chi connectivity index (χ4n) is 4.09. The Bertz CT molecular complexity index is 1110. The molecule has 0 spiro atoms. The highest BCUT2D eigenvalue weighted by molar-refractivity contribution is 5.80. The Hall–Kier alpha value is -3.29. The summed E-state index contributed by atoms with van der Waals surface area (Å²) in [5, 5.41) is 4.10. The summed E-state index contributed by atoms with van der Waals surface area (Å²) in [5.74, 6) is 0.910. The monoisotopic (exact) mass is 437 g/mol. The molecule has 1 fully saturated rings. The highest BCUT2D eigenvalue weighted by Crippen LogP contribution is 2.38. The van der Waals surface area contributed by atoms with Crippen LogP contribution in [0.2, 0.25) is 0 Å². The summed E-state index contributed by atoms with van der Waals surface area (Å²) in [6.07, 6.45) is 4.73. The number of aryl methyl sites for hydroxylation is 1. The molecule has 1 amide bonds. The maximum absolute atomic E-state index is 13.3. The number of carbonyl (C=O) groups excluding carboxylic acids is 1. The number of carbonyl (C=O) groups is 1. The second-order valence-corrected chi connectivity index (χ2v) is 8.49. The number of aromatic nitrogens is 3. The number of rotatable bonds is 5. The van der Waals surface area contributed by atoms with E-state index in [-0.39, 0.29) is 24.2 Å². The van der Waals surface area contributed by atoms with E-state index in [4.69, 9.17) is 9.51 Å². The van der Waals surface area contributed by atoms with Crippen molar-refractivity contribution in [3.8, 4) is 11.3 Å². The zero-order chi connectivity index (χ0) is 22.8. The van der Waals surface area contributed by atoms with Crippen molar-refractivity contribution in [2.24, 2.45) is 0 Å². The van der Waals surface area contributed by atoms with E-state index in [0.29, 0.717) is 18.3 Å². The maximum atomic E-state index is 13.3. The number of likely N-dealkylation sites (tertiary alicyclic amines) is 1. The van der Waals surface area contributed by atoms with Gasteiger partial charge in [0, 0.05) is 32.4 Å². The molecule has 3 aromatic rings. The molecule has 4 rings (SSSR count). The maximum Gasteiger partial charge on any atom is 0.227 e. The molecule has 0 bridgehead atoms. The van der Waals surface area contributed by atoms with Crippen LogP contribution in [-0.4, -0.2) is 46.6 Å². The van der Waals surface area contributed by atoms with Crippen molar-refractivity contribution in [1.82, 2.24) is 20.0 Å². The first-order valence-corrected chi connectivity index (χ1v) is 10.9. The van der Waals surface area contributed by atoms with Gasteiger partial charge in [-0.1, -0.05) is 17.3 Å². The summed E-state index contributed by atoms with van der Waals surface area (Å²) in [4.78, 5) is 26.4. The molecule has 1 atom stereocenters. The van der Waals surface area contributed by atoms with Crippen LogP contribution >= 0.6 is 0 Å². The van der Waals surface area contributed by atoms with Crippen LogP contribution in [0.15, 0.2) is 35.0 Å². The van der Waals surface area contributed by atoms with Crippen LogP contribution < -0.4 is 4.90 Å². The number of anilines is 1. The van der Waals surface area contributed by atoms with Gasteiger partial charge in [0.25, 0.3) is 0 Å². The molecule has 1 aromatic carbocycles. The molecule has 1 aliphatic heterocycles. The van der Waals surface area contributed by atoms with Crippen molar-refractivity contribution in [2.45, 2.75) is 45.6 Å². The molecule has 0 saturated carbocycles. The van der Waals surface area contributed by atoms with E-state index in [0.717, 1.165) is 47.3 Å². The fourth-order valence-corrected chi connectivity index (χ4v) is 4.09. The first-order chi connectivity index (χ1) is 15.3. The molecule has 0 unspecified atom stereocenters. The van der Waals surface area contributed by atoms with E-state index >= 15 is 0 Å². The van der Waals surface area contributed by atoms with Gasteiger partial charge < -0.3 is 14.3 Å². The minimum atomic E-state index is -0.309. The number of hydrogen-bond acceptors (Lipinski definition) is 6. The summed E-state index contributed by atoms with van der Waals surface area (Å²) in [5.41, 5.74) is 4.08. The Labute approximate surface area is 187 Å². The Balaban J connectivity index is 1.73. The SMILES string of the molecule is Cc1noc(-c2cnc(N(C)C)nc2[C@H]2CCCCN2C(=O)Cc2ccc(F)cc2)c1C. The highest BCUT2D eigenvalue weighted by atomic mass is 19.1. The molecule has 1 aliphatic rings. The molecule has 0 aliphatic carbocycles. The second-order valence-electron chi connectivity index (χ2n) is 8.49. The van der Waals surface area contributed by atoms with Crippen molar-refractivity contribution in [3.05, 3.63) is 58.8 Å². The molecule has 3 heterocycles. The van der Waals surface area contributed by atoms with Gasteiger partial charge in [-0.2, -0.15) is 0 Å². The third kappa shape index (κ3) is 4.35. The summed E-state index contributed by atoms with van der Waals surface area (Å²) < 4.78 is 18.9. The lowest BCUT2D eigenvalue weighted by atomic mass is 9.94. The zero-order valence-corrected chi connectivity index (χ0v) is 18.9. The van der Waals surface area contributed by atoms with Crippen molar-refractivity contribution < 1.29 is 13.7 Å². The van der Waals surface area contributed by atoms with Crippen molar-refractivity contribution in [1.29, 1.82) is 0 Å². The molecule has 7 nitrogen and oxygen atoms in total. The molecule has 2 aromatic heterocycles. The summed E-state index contributed by atoms with van der Waals surface area (Å²) in [7, 11) is 3.78. The lowest BCUT2D eigenvalue weighted by Gasteiger charge is -2.36. The van der Waals surface area contributed by atoms with Crippen LogP contribution in [0.5, 0.6) is 0 Å². The Morgan fingerprint density at radius 3 is 2.62 bits per heavy atom. The van der Waals surface area contributed by atoms with Gasteiger partial charge in [-0.15, -0.1) is 0 Å². The van der Waals surface area contributed by atoms with Crippen LogP contribution in [0.1, 0.15) is 47.8 Å². The normalized spacial score (nSPS) is 16.3. The first kappa shape index (κ1) is 21.9. The predicted molar refractivity (Wildman–Crippen MR) is 120 cm³/mol. The summed E-state index contributed by atoms with van der Waals surface area (Å²) >= 11 is 0. The second kappa shape index (κ2) is 9.06. The average molecular weight is 438 g/mol. The lowest BCUT2D eigenvalue weighted by Crippen LogP contribution is -2.40. The Morgan fingerprint density at radius 2 is 1.97 bits per heavy atom. The number of piperidine rings is 1. The van der Waals surface area contributed by atoms with E-state index in [1.165, 1.54) is 12.1 Å². The highest BCUT2D eigenvalue weighted by Gasteiger charge is 2.33. The van der Waals surface area contributed by atoms with E-state index in [1.54, 1.807) is 18.3 Å². The topological polar surface area (TPSA) is 75.4 Å². The third-order valence-electron chi connectivity index (χ3n) is 6.01. The average Bonchev–Trinajstić information content (AvgIpc) is 3.13. The van der Waals surface area contributed by atoms with Crippen molar-refractivity contribution in [2.75, 3.05) is 25.5 Å². The van der Waals surface area contributed by atoms with Crippen molar-refractivity contribution >= 4 is 11.9 Å². The van der Waals surface area contributed by atoms with Crippen LogP contribution in [0, 0.1) is 19.7 Å². The van der Waals surface area contributed by atoms with E-state index < -0.39 is 0 Å². The molecular formula is C24H28FN5O2. The molecule has 0 N–H and O–H groups in total. The summed E-state index contributed by atoms with van der Waals surface area (Å²) in [6, 6.07) is 5.90. The standard InChI is InChI=1S/C24H28FN5O2/c1-15-16(2)28-32-23(15)19-14-26-24(29(3)4)27-22(19)20-7-5-6-12-30(20)21(31)13-17-8-10-18(25)11-9-17/h8-11,14,20H,5-7,12-13H2,1-4H3/t20-/m1/s1. The number of hydrogen-bond donors (Lipinski definition) is 0. The van der Waals surface area contributed by atoms with Gasteiger partial charge in [0.1, 0.15) is 5.82 Å². The minimum Gasteiger partial charge on any atom is -0.356 e. The van der Waals surface area contributed by atoms with E-state index in [9.17, 15) is 9.18 Å². The van der Waals surface area contributed by atoms with Gasteiger partial charge in [-0.25, -0.2) is 14.4 Å². The van der Waals surface area contributed by atoms with Crippen LogP contribution in [0.25, 0.3) is 11.3 Å². The van der Waals surface area contributed by atoms with Crippen molar-refractivity contribution in [3.63, 3.8) is 0 Å². The fraction of sp³-hybridized carbons (Fsp3) is 0.417. The van der Waals surface area contributed by atoms with Gasteiger partial charge in [0.05, 0.1) is 29.4 Å². The van der Waals surface area contributed by atoms with Gasteiger partial charge in [0.2, 0.25) is 11.9 Å². The smallest absolute Gasteiger partial charge is 0.227 e. The molecular weight excluding hydrogens is 409 g/mol. The third-order valence-corrected chi connectivity index (χ3v) is 6.01. The largest absolute Gasteiger partial charge is 0.356 e. The van der Waals surface area contributed by atoms with Gasteiger partial charge in [0.15, 0.2) is 5.76 Å². The number of amides is 1. The molecule has 0 radical (unpaired) electrons. The number of benzene rings is 1. The molecule has 168 valence electrons. The zero-order valence-electron chi connectivity index (χ0n) is 18.9. The Morgan fingerprint density at radius 1 is 1.22 bits per heavy atom. The van der Waals surface area contributed by atoms with Crippen LogP contribution in [0.4, 0.5) is 10.3 Å². The molecule has 1 saturated heterocycles. The quantitative estimate of drug-likeness (QED) is 0.594. The number of nitrogens with zero attached hydrogens (tertiary/aromatic N) is 5. The lowest BCUT2D eigenvalue weighted by molar-refractivity contribution is -0.134.